The largest absolute Gasteiger partial charge is 0.438 e. The smallest absolute Gasteiger partial charge is 0.213 e. The second-order valence-corrected chi connectivity index (χ2v) is 13.8. The van der Waals surface area contributed by atoms with Crippen LogP contribution >= 0.6 is 0 Å². The second kappa shape index (κ2) is 12.1. The average Bonchev–Trinajstić information content (AvgIpc) is 3.79. The van der Waals surface area contributed by atoms with Crippen LogP contribution in [0.3, 0.4) is 0 Å². The van der Waals surface area contributed by atoms with Gasteiger partial charge in [-0.15, -0.1) is 0 Å². The molecule has 0 bridgehead atoms. The van der Waals surface area contributed by atoms with Gasteiger partial charge < -0.3 is 4.42 Å². The Morgan fingerprint density at radius 1 is 0.407 bits per heavy atom. The molecule has 0 fully saturated rings. The zero-order valence-electron chi connectivity index (χ0n) is 29.1. The molecule has 3 aromatic heterocycles. The van der Waals surface area contributed by atoms with Gasteiger partial charge in [-0.2, -0.15) is 0 Å². The van der Waals surface area contributed by atoms with Crippen LogP contribution in [0.1, 0.15) is 0 Å². The molecule has 0 saturated carbocycles. The summed E-state index contributed by atoms with van der Waals surface area (Å²) in [5.74, 6) is 0.700. The maximum absolute atomic E-state index is 7.12. The summed E-state index contributed by atoms with van der Waals surface area (Å²) in [6, 6.07) is 66.0. The molecule has 252 valence electrons. The molecular weight excluding hydrogens is 659 g/mol. The molecule has 0 radical (unpaired) electrons. The summed E-state index contributed by atoms with van der Waals surface area (Å²) in [4.78, 5) is 10.1. The van der Waals surface area contributed by atoms with Crippen molar-refractivity contribution in [3.63, 3.8) is 0 Å². The Balaban J connectivity index is 1.11. The van der Waals surface area contributed by atoms with Gasteiger partial charge in [0.15, 0.2) is 5.82 Å². The van der Waals surface area contributed by atoms with E-state index in [-0.39, 0.29) is 0 Å². The molecule has 0 atom stereocenters. The number of nitrogens with zero attached hydrogens (tertiary/aromatic N) is 3. The monoisotopic (exact) mass is 689 g/mol. The average molecular weight is 690 g/mol. The van der Waals surface area contributed by atoms with Gasteiger partial charge in [0.2, 0.25) is 5.71 Å². The number of rotatable bonds is 5. The lowest BCUT2D eigenvalue weighted by Crippen LogP contribution is -1.97. The Labute approximate surface area is 311 Å². The normalized spacial score (nSPS) is 11.7. The minimum Gasteiger partial charge on any atom is -0.438 e. The molecule has 0 aliphatic rings. The van der Waals surface area contributed by atoms with Gasteiger partial charge in [-0.25, -0.2) is 9.97 Å². The van der Waals surface area contributed by atoms with Crippen molar-refractivity contribution in [3.8, 4) is 50.7 Å². The topological polar surface area (TPSA) is 43.9 Å². The van der Waals surface area contributed by atoms with Gasteiger partial charge in [0.25, 0.3) is 0 Å². The minimum absolute atomic E-state index is 0.700. The first-order chi connectivity index (χ1) is 26.8. The van der Waals surface area contributed by atoms with Crippen LogP contribution in [0.15, 0.2) is 192 Å². The van der Waals surface area contributed by atoms with Crippen LogP contribution in [0.2, 0.25) is 0 Å². The molecule has 0 N–H and O–H groups in total. The molecule has 11 rings (SSSR count). The van der Waals surface area contributed by atoms with Crippen molar-refractivity contribution in [3.05, 3.63) is 188 Å². The fourth-order valence-corrected chi connectivity index (χ4v) is 8.01. The molecule has 0 aliphatic carbocycles. The molecule has 3 heterocycles. The highest BCUT2D eigenvalue weighted by molar-refractivity contribution is 6.29. The molecule has 0 spiro atoms. The van der Waals surface area contributed by atoms with E-state index in [0.717, 1.165) is 77.9 Å². The molecule has 0 saturated heterocycles. The summed E-state index contributed by atoms with van der Waals surface area (Å²) >= 11 is 0. The Morgan fingerprint density at radius 3 is 1.76 bits per heavy atom. The molecule has 4 nitrogen and oxygen atoms in total. The van der Waals surface area contributed by atoms with Crippen molar-refractivity contribution < 1.29 is 4.42 Å². The van der Waals surface area contributed by atoms with E-state index in [1.807, 2.05) is 36.4 Å². The number of hydrogen-bond donors (Lipinski definition) is 0. The van der Waals surface area contributed by atoms with Crippen LogP contribution in [0.5, 0.6) is 0 Å². The van der Waals surface area contributed by atoms with Gasteiger partial charge in [0.1, 0.15) is 5.58 Å². The third-order valence-corrected chi connectivity index (χ3v) is 10.6. The van der Waals surface area contributed by atoms with Crippen LogP contribution in [-0.2, 0) is 0 Å². The first-order valence-corrected chi connectivity index (χ1v) is 18.2. The third kappa shape index (κ3) is 4.85. The molecular formula is C50H31N3O. The standard InChI is InChI=1S/C50H31N3O/c1-3-14-33(15-4-1)43-31-44(52-49(51-43)35-16-5-2-6-17-35)34-25-27-39(28-26-34)53-45-22-12-11-21-41(45)47-46-40-20-10-9-19-37(40)30-42(48(46)54-50(47)53)38-24-23-32-13-7-8-18-36(32)29-38/h1-31H. The Morgan fingerprint density at radius 2 is 1.00 bits per heavy atom. The van der Waals surface area contributed by atoms with Crippen molar-refractivity contribution in [1.29, 1.82) is 0 Å². The fourth-order valence-electron chi connectivity index (χ4n) is 8.01. The number of para-hydroxylation sites is 1. The molecule has 11 aromatic rings. The minimum atomic E-state index is 0.700. The van der Waals surface area contributed by atoms with Gasteiger partial charge in [0.05, 0.1) is 22.3 Å². The van der Waals surface area contributed by atoms with Crippen molar-refractivity contribution in [1.82, 2.24) is 14.5 Å². The van der Waals surface area contributed by atoms with Crippen LogP contribution in [-0.4, -0.2) is 14.5 Å². The molecule has 0 amide bonds. The van der Waals surface area contributed by atoms with Crippen LogP contribution in [0, 0.1) is 0 Å². The van der Waals surface area contributed by atoms with E-state index >= 15 is 0 Å². The van der Waals surface area contributed by atoms with E-state index in [2.05, 4.69) is 156 Å². The third-order valence-electron chi connectivity index (χ3n) is 10.6. The second-order valence-electron chi connectivity index (χ2n) is 13.8. The Kier molecular flexibility index (Phi) is 6.82. The molecule has 0 aliphatic heterocycles. The van der Waals surface area contributed by atoms with E-state index in [1.165, 1.54) is 21.5 Å². The Hall–Kier alpha value is -7.30. The van der Waals surface area contributed by atoms with E-state index in [1.54, 1.807) is 0 Å². The van der Waals surface area contributed by atoms with E-state index < -0.39 is 0 Å². The maximum atomic E-state index is 7.12. The summed E-state index contributed by atoms with van der Waals surface area (Å²) < 4.78 is 9.38. The van der Waals surface area contributed by atoms with Gasteiger partial charge >= 0.3 is 0 Å². The van der Waals surface area contributed by atoms with Crippen LogP contribution in [0.4, 0.5) is 0 Å². The lowest BCUT2D eigenvalue weighted by molar-refractivity contribution is 0.646. The molecule has 8 aromatic carbocycles. The van der Waals surface area contributed by atoms with Crippen LogP contribution < -0.4 is 0 Å². The predicted octanol–water partition coefficient (Wildman–Crippen LogP) is 13.3. The van der Waals surface area contributed by atoms with Crippen molar-refractivity contribution in [2.75, 3.05) is 0 Å². The highest BCUT2D eigenvalue weighted by Crippen LogP contribution is 2.46. The number of fused-ring (bicyclic) bond motifs is 8. The summed E-state index contributed by atoms with van der Waals surface area (Å²) in [6.07, 6.45) is 0. The van der Waals surface area contributed by atoms with E-state index in [9.17, 15) is 0 Å². The molecule has 54 heavy (non-hydrogen) atoms. The van der Waals surface area contributed by atoms with Gasteiger partial charge in [0, 0.05) is 38.7 Å². The fraction of sp³-hybridized carbons (Fsp3) is 0. The van der Waals surface area contributed by atoms with E-state index in [0.29, 0.717) is 5.82 Å². The van der Waals surface area contributed by atoms with Crippen molar-refractivity contribution in [2.24, 2.45) is 0 Å². The first kappa shape index (κ1) is 30.3. The number of aromatic nitrogens is 3. The zero-order chi connectivity index (χ0) is 35.6. The lowest BCUT2D eigenvalue weighted by Gasteiger charge is -2.11. The summed E-state index contributed by atoms with van der Waals surface area (Å²) in [6.45, 7) is 0. The number of hydrogen-bond acceptors (Lipinski definition) is 3. The number of furan rings is 1. The molecule has 4 heteroatoms. The van der Waals surface area contributed by atoms with Crippen molar-refractivity contribution >= 4 is 54.5 Å². The number of benzene rings is 8. The Bertz CT molecular complexity index is 3140. The maximum Gasteiger partial charge on any atom is 0.213 e. The predicted molar refractivity (Wildman–Crippen MR) is 223 cm³/mol. The summed E-state index contributed by atoms with van der Waals surface area (Å²) in [7, 11) is 0. The summed E-state index contributed by atoms with van der Waals surface area (Å²) in [5.41, 5.74) is 10.9. The van der Waals surface area contributed by atoms with Crippen molar-refractivity contribution in [2.45, 2.75) is 0 Å². The van der Waals surface area contributed by atoms with E-state index in [4.69, 9.17) is 14.4 Å². The lowest BCUT2D eigenvalue weighted by atomic mass is 9.95. The highest BCUT2D eigenvalue weighted by Gasteiger charge is 2.23. The van der Waals surface area contributed by atoms with Crippen LogP contribution in [0.25, 0.3) is 105 Å². The molecule has 0 unspecified atom stereocenters. The SMILES string of the molecule is c1ccc(-c2cc(-c3ccc(-n4c5ccccc5c5c6c(oc54)c(-c4ccc5ccccc5c4)cc4ccccc46)cc3)nc(-c3ccccc3)n2)cc1. The quantitative estimate of drug-likeness (QED) is 0.181. The zero-order valence-corrected chi connectivity index (χ0v) is 29.1. The van der Waals surface area contributed by atoms with Gasteiger partial charge in [-0.05, 0) is 63.5 Å². The highest BCUT2D eigenvalue weighted by atomic mass is 16.3. The first-order valence-electron chi connectivity index (χ1n) is 18.2. The van der Waals surface area contributed by atoms with Gasteiger partial charge in [-0.1, -0.05) is 152 Å². The van der Waals surface area contributed by atoms with Gasteiger partial charge in [-0.3, -0.25) is 4.57 Å². The summed E-state index contributed by atoms with van der Waals surface area (Å²) in [5, 5.41) is 8.22.